The predicted molar refractivity (Wildman–Crippen MR) is 52.9 cm³/mol. The summed E-state index contributed by atoms with van der Waals surface area (Å²) >= 11 is 6.63. The molecule has 0 aliphatic rings. The molecule has 0 atom stereocenters. The molecule has 0 amide bonds. The molecule has 0 spiro atoms. The van der Waals surface area contributed by atoms with Crippen LogP contribution in [-0.2, 0) is 10.2 Å². The Morgan fingerprint density at radius 1 is 1.43 bits per heavy atom. The van der Waals surface area contributed by atoms with Crippen molar-refractivity contribution in [3.63, 3.8) is 0 Å². The Hall–Kier alpha value is -0.720. The van der Waals surface area contributed by atoms with E-state index < -0.39 is 10.2 Å². The van der Waals surface area contributed by atoms with Gasteiger partial charge in [0.2, 0.25) is 0 Å². The van der Waals surface area contributed by atoms with Gasteiger partial charge in [0.1, 0.15) is 14.9 Å². The van der Waals surface area contributed by atoms with Crippen molar-refractivity contribution < 1.29 is 12.3 Å². The van der Waals surface area contributed by atoms with Crippen molar-refractivity contribution in [2.24, 2.45) is 0 Å². The largest absolute Gasteiger partial charge is 0.333 e. The summed E-state index contributed by atoms with van der Waals surface area (Å²) in [5.41, 5.74) is 0. The molecule has 2 heterocycles. The van der Waals surface area contributed by atoms with Crippen LogP contribution in [0.5, 0.6) is 0 Å². The second-order valence-corrected chi connectivity index (χ2v) is 5.09. The van der Waals surface area contributed by atoms with Crippen molar-refractivity contribution in [2.75, 3.05) is 0 Å². The van der Waals surface area contributed by atoms with Crippen LogP contribution in [0.15, 0.2) is 22.4 Å². The van der Waals surface area contributed by atoms with Gasteiger partial charge in [-0.25, -0.2) is 4.98 Å². The Kier molecular flexibility index (Phi) is 2.21. The molecule has 3 nitrogen and oxygen atoms in total. The normalized spacial score (nSPS) is 12.1. The zero-order valence-corrected chi connectivity index (χ0v) is 8.96. The third-order valence-corrected chi connectivity index (χ3v) is 3.74. The highest BCUT2D eigenvalue weighted by atomic mass is 35.5. The molecule has 7 heteroatoms. The van der Waals surface area contributed by atoms with Crippen LogP contribution in [0.2, 0.25) is 5.15 Å². The number of thiophene rings is 1. The number of rotatable bonds is 1. The predicted octanol–water partition coefficient (Wildman–Crippen LogP) is 2.61. The summed E-state index contributed by atoms with van der Waals surface area (Å²) < 4.78 is 34.0. The number of nitrogens with zero attached hydrogens (tertiary/aromatic N) is 1. The number of fused-ring (bicyclic) bond motifs is 1. The van der Waals surface area contributed by atoms with Gasteiger partial charge >= 0.3 is 10.2 Å². The van der Waals surface area contributed by atoms with Gasteiger partial charge in [0.15, 0.2) is 0 Å². The first kappa shape index (κ1) is 9.82. The minimum atomic E-state index is -4.67. The lowest BCUT2D eigenvalue weighted by atomic mass is 10.3. The quantitative estimate of drug-likeness (QED) is 0.578. The zero-order chi connectivity index (χ0) is 10.3. The molecule has 2 aromatic rings. The summed E-state index contributed by atoms with van der Waals surface area (Å²) in [6.07, 6.45) is 0. The van der Waals surface area contributed by atoms with Crippen molar-refractivity contribution in [2.45, 2.75) is 4.90 Å². The van der Waals surface area contributed by atoms with Gasteiger partial charge in [0.25, 0.3) is 0 Å². The van der Waals surface area contributed by atoms with E-state index in [0.717, 1.165) is 11.3 Å². The summed E-state index contributed by atoms with van der Waals surface area (Å²) in [7, 11) is -4.67. The van der Waals surface area contributed by atoms with E-state index in [9.17, 15) is 12.3 Å². The zero-order valence-electron chi connectivity index (χ0n) is 6.57. The van der Waals surface area contributed by atoms with Crippen LogP contribution in [-0.4, -0.2) is 13.4 Å². The van der Waals surface area contributed by atoms with Crippen LogP contribution >= 0.6 is 22.9 Å². The van der Waals surface area contributed by atoms with Crippen molar-refractivity contribution >= 4 is 43.4 Å². The fourth-order valence-electron chi connectivity index (χ4n) is 1.06. The number of pyridine rings is 1. The summed E-state index contributed by atoms with van der Waals surface area (Å²) in [5, 5.41) is 1.73. The van der Waals surface area contributed by atoms with E-state index in [2.05, 4.69) is 4.98 Å². The van der Waals surface area contributed by atoms with E-state index in [0.29, 0.717) is 4.83 Å². The molecule has 0 saturated carbocycles. The van der Waals surface area contributed by atoms with Crippen LogP contribution < -0.4 is 0 Å². The maximum Gasteiger partial charge on any atom is 0.333 e. The van der Waals surface area contributed by atoms with Crippen LogP contribution in [0.1, 0.15) is 0 Å². The molecule has 0 saturated heterocycles. The second kappa shape index (κ2) is 3.15. The van der Waals surface area contributed by atoms with Crippen molar-refractivity contribution in [1.29, 1.82) is 0 Å². The SMILES string of the molecule is O=S(=O)(F)c1csc2nc(Cl)ccc12. The topological polar surface area (TPSA) is 47.0 Å². The highest BCUT2D eigenvalue weighted by molar-refractivity contribution is 7.86. The first-order valence-corrected chi connectivity index (χ1v) is 6.11. The Morgan fingerprint density at radius 2 is 2.14 bits per heavy atom. The first-order chi connectivity index (χ1) is 6.48. The molecule has 0 unspecified atom stereocenters. The van der Waals surface area contributed by atoms with E-state index in [1.165, 1.54) is 17.5 Å². The average molecular weight is 252 g/mol. The van der Waals surface area contributed by atoms with Gasteiger partial charge in [-0.3, -0.25) is 0 Å². The van der Waals surface area contributed by atoms with E-state index >= 15 is 0 Å². The summed E-state index contributed by atoms with van der Waals surface area (Å²) in [6, 6.07) is 2.86. The van der Waals surface area contributed by atoms with Crippen molar-refractivity contribution in [3.8, 4) is 0 Å². The van der Waals surface area contributed by atoms with Crippen LogP contribution in [0.3, 0.4) is 0 Å². The fourth-order valence-corrected chi connectivity index (χ4v) is 3.15. The first-order valence-electron chi connectivity index (χ1n) is 3.47. The van der Waals surface area contributed by atoms with Gasteiger partial charge in [-0.05, 0) is 12.1 Å². The summed E-state index contributed by atoms with van der Waals surface area (Å²) in [5.74, 6) is 0. The number of hydrogen-bond acceptors (Lipinski definition) is 4. The van der Waals surface area contributed by atoms with Crippen molar-refractivity contribution in [1.82, 2.24) is 4.98 Å². The average Bonchev–Trinajstić information content (AvgIpc) is 2.45. The van der Waals surface area contributed by atoms with E-state index in [-0.39, 0.29) is 15.4 Å². The summed E-state index contributed by atoms with van der Waals surface area (Å²) in [6.45, 7) is 0. The lowest BCUT2D eigenvalue weighted by Gasteiger charge is -1.92. The third kappa shape index (κ3) is 1.60. The monoisotopic (exact) mass is 251 g/mol. The summed E-state index contributed by atoms with van der Waals surface area (Å²) in [4.78, 5) is 3.93. The minimum absolute atomic E-state index is 0.252. The van der Waals surface area contributed by atoms with E-state index in [1.807, 2.05) is 0 Å². The van der Waals surface area contributed by atoms with Crippen LogP contribution in [0, 0.1) is 0 Å². The van der Waals surface area contributed by atoms with E-state index in [1.54, 1.807) is 0 Å². The molecule has 0 aliphatic heterocycles. The molecule has 0 radical (unpaired) electrons. The Balaban J connectivity index is 2.83. The van der Waals surface area contributed by atoms with Crippen LogP contribution in [0.25, 0.3) is 10.2 Å². The smallest absolute Gasteiger partial charge is 0.225 e. The molecule has 0 bridgehead atoms. The van der Waals surface area contributed by atoms with Gasteiger partial charge in [-0.2, -0.15) is 8.42 Å². The molecule has 2 rings (SSSR count). The number of aromatic nitrogens is 1. The van der Waals surface area contributed by atoms with Crippen LogP contribution in [0.4, 0.5) is 3.89 Å². The second-order valence-electron chi connectivity index (χ2n) is 2.52. The van der Waals surface area contributed by atoms with Crippen molar-refractivity contribution in [3.05, 3.63) is 22.7 Å². The maximum absolute atomic E-state index is 12.7. The molecule has 74 valence electrons. The van der Waals surface area contributed by atoms with Gasteiger partial charge in [-0.1, -0.05) is 11.6 Å². The highest BCUT2D eigenvalue weighted by Gasteiger charge is 2.18. The Bertz CT molecular complexity index is 593. The highest BCUT2D eigenvalue weighted by Crippen LogP contribution is 2.30. The van der Waals surface area contributed by atoms with E-state index in [4.69, 9.17) is 11.6 Å². The molecular formula is C7H3ClFNO2S2. The molecular weight excluding hydrogens is 249 g/mol. The molecule has 0 aliphatic carbocycles. The fraction of sp³-hybridized carbons (Fsp3) is 0. The molecule has 0 fully saturated rings. The maximum atomic E-state index is 12.7. The Morgan fingerprint density at radius 3 is 2.79 bits per heavy atom. The Labute approximate surface area is 88.4 Å². The number of hydrogen-bond donors (Lipinski definition) is 0. The standard InChI is InChI=1S/C7H3ClFNO2S2/c8-6-2-1-4-5(14(9,11)12)3-13-7(4)10-6/h1-3H. The minimum Gasteiger partial charge on any atom is -0.225 e. The van der Waals surface area contributed by atoms with Gasteiger partial charge in [0, 0.05) is 10.8 Å². The van der Waals surface area contributed by atoms with Gasteiger partial charge < -0.3 is 0 Å². The molecule has 0 N–H and O–H groups in total. The molecule has 14 heavy (non-hydrogen) atoms. The van der Waals surface area contributed by atoms with Gasteiger partial charge in [-0.15, -0.1) is 15.2 Å². The lowest BCUT2D eigenvalue weighted by molar-refractivity contribution is 0.553. The molecule has 0 aromatic carbocycles. The lowest BCUT2D eigenvalue weighted by Crippen LogP contribution is -1.89. The van der Waals surface area contributed by atoms with Gasteiger partial charge in [0.05, 0.1) is 0 Å². The molecule has 2 aromatic heterocycles. The number of halogens is 2. The third-order valence-electron chi connectivity index (χ3n) is 1.63.